The molecule has 0 aliphatic heterocycles. The Morgan fingerprint density at radius 1 is 0.700 bits per heavy atom. The van der Waals surface area contributed by atoms with Crippen LogP contribution in [0.1, 0.15) is 44.9 Å². The van der Waals surface area contributed by atoms with Crippen LogP contribution in [0.4, 0.5) is 0 Å². The molecule has 1 fully saturated rings. The van der Waals surface area contributed by atoms with E-state index < -0.39 is 0 Å². The Kier molecular flexibility index (Phi) is 13.7. The molecule has 0 nitrogen and oxygen atoms in total. The van der Waals surface area contributed by atoms with Gasteiger partial charge in [-0.15, -0.1) is 0 Å². The summed E-state index contributed by atoms with van der Waals surface area (Å²) in [5.74, 6) is 0. The van der Waals surface area contributed by atoms with Gasteiger partial charge < -0.3 is 18.8 Å². The van der Waals surface area contributed by atoms with E-state index in [0.29, 0.717) is 0 Å². The van der Waals surface area contributed by atoms with Gasteiger partial charge in [-0.1, -0.05) is 32.1 Å². The molecule has 1 aliphatic rings. The standard InChI is InChI=1S/C8H15.ClH.Mg/c1-2-4-6-8-7-5-3-1;;/h1H,2-8H2;1H;/q-1;;+2/p-1. The second-order valence-electron chi connectivity index (χ2n) is 2.63. The zero-order valence-electron chi connectivity index (χ0n) is 6.61. The molecule has 0 unspecified atom stereocenters. The number of rotatable bonds is 0. The van der Waals surface area contributed by atoms with Gasteiger partial charge in [0.2, 0.25) is 0 Å². The van der Waals surface area contributed by atoms with E-state index in [1.807, 2.05) is 0 Å². The second-order valence-corrected chi connectivity index (χ2v) is 2.63. The van der Waals surface area contributed by atoms with E-state index in [4.69, 9.17) is 0 Å². The van der Waals surface area contributed by atoms with Crippen LogP contribution in [0.2, 0.25) is 0 Å². The number of hydrogen-bond donors (Lipinski definition) is 0. The molecule has 0 bridgehead atoms. The second kappa shape index (κ2) is 10.1. The Balaban J connectivity index is 0. The molecule has 1 rings (SSSR count). The van der Waals surface area contributed by atoms with Gasteiger partial charge in [0.15, 0.2) is 0 Å². The first-order valence-electron chi connectivity index (χ1n) is 3.82. The van der Waals surface area contributed by atoms with E-state index in [0.717, 1.165) is 0 Å². The SMILES string of the molecule is [CH-]1CCCCCCC1.[Cl-].[Mg+2]. The van der Waals surface area contributed by atoms with Crippen LogP contribution in [0.5, 0.6) is 0 Å². The fraction of sp³-hybridized carbons (Fsp3) is 0.875. The molecule has 0 N–H and O–H groups in total. The van der Waals surface area contributed by atoms with Crippen molar-refractivity contribution in [2.24, 2.45) is 0 Å². The van der Waals surface area contributed by atoms with Gasteiger partial charge in [0, 0.05) is 0 Å². The minimum Gasteiger partial charge on any atom is -1.00 e. The van der Waals surface area contributed by atoms with Gasteiger partial charge >= 0.3 is 23.1 Å². The maximum Gasteiger partial charge on any atom is 2.00 e. The van der Waals surface area contributed by atoms with E-state index in [1.165, 1.54) is 44.9 Å². The summed E-state index contributed by atoms with van der Waals surface area (Å²) in [6, 6.07) is 0. The fourth-order valence-electron chi connectivity index (χ4n) is 1.25. The van der Waals surface area contributed by atoms with Crippen LogP contribution in [-0.4, -0.2) is 23.1 Å². The van der Waals surface area contributed by atoms with Crippen LogP contribution < -0.4 is 12.4 Å². The van der Waals surface area contributed by atoms with Crippen LogP contribution in [0.25, 0.3) is 0 Å². The molecule has 2 heteroatoms. The molecule has 1 saturated carbocycles. The van der Waals surface area contributed by atoms with Crippen molar-refractivity contribution in [1.82, 2.24) is 0 Å². The Morgan fingerprint density at radius 3 is 1.60 bits per heavy atom. The van der Waals surface area contributed by atoms with Crippen molar-refractivity contribution >= 4 is 23.1 Å². The van der Waals surface area contributed by atoms with Crippen molar-refractivity contribution in [2.45, 2.75) is 44.9 Å². The first-order chi connectivity index (χ1) is 4.00. The zero-order chi connectivity index (χ0) is 5.66. The maximum atomic E-state index is 2.44. The third-order valence-corrected chi connectivity index (χ3v) is 1.82. The zero-order valence-corrected chi connectivity index (χ0v) is 8.78. The molecule has 0 aromatic rings. The summed E-state index contributed by atoms with van der Waals surface area (Å²) in [5.41, 5.74) is 0. The molecule has 0 heterocycles. The monoisotopic (exact) mass is 170 g/mol. The van der Waals surface area contributed by atoms with Crippen molar-refractivity contribution in [3.63, 3.8) is 0 Å². The maximum absolute atomic E-state index is 2.44. The van der Waals surface area contributed by atoms with Crippen LogP contribution in [0.3, 0.4) is 0 Å². The first-order valence-corrected chi connectivity index (χ1v) is 3.82. The Bertz CT molecular complexity index is 33.2. The number of hydrogen-bond acceptors (Lipinski definition) is 0. The van der Waals surface area contributed by atoms with E-state index >= 15 is 0 Å². The number of halogens is 1. The molecular weight excluding hydrogens is 156 g/mol. The molecule has 0 amide bonds. The average Bonchev–Trinajstić information content (AvgIpc) is 1.62. The van der Waals surface area contributed by atoms with Gasteiger partial charge in [-0.05, 0) is 0 Å². The van der Waals surface area contributed by atoms with Gasteiger partial charge in [0.05, 0.1) is 0 Å². The minimum atomic E-state index is 0. The summed E-state index contributed by atoms with van der Waals surface area (Å²) >= 11 is 0. The Hall–Kier alpha value is 1.06. The van der Waals surface area contributed by atoms with Crippen molar-refractivity contribution in [3.05, 3.63) is 6.42 Å². The van der Waals surface area contributed by atoms with Crippen LogP contribution >= 0.6 is 0 Å². The summed E-state index contributed by atoms with van der Waals surface area (Å²) in [6.45, 7) is 0. The van der Waals surface area contributed by atoms with Crippen molar-refractivity contribution < 1.29 is 12.4 Å². The molecule has 0 saturated heterocycles. The molecule has 1 aliphatic carbocycles. The van der Waals surface area contributed by atoms with Gasteiger partial charge in [-0.3, -0.25) is 0 Å². The quantitative estimate of drug-likeness (QED) is 0.342. The molecule has 0 aromatic carbocycles. The summed E-state index contributed by atoms with van der Waals surface area (Å²) in [7, 11) is 0. The van der Waals surface area contributed by atoms with E-state index in [2.05, 4.69) is 6.42 Å². The van der Waals surface area contributed by atoms with Crippen molar-refractivity contribution in [2.75, 3.05) is 0 Å². The third kappa shape index (κ3) is 7.17. The van der Waals surface area contributed by atoms with Gasteiger partial charge in [0.1, 0.15) is 0 Å². The summed E-state index contributed by atoms with van der Waals surface area (Å²) in [6.07, 6.45) is 12.5. The molecule has 10 heavy (non-hydrogen) atoms. The Morgan fingerprint density at radius 2 is 1.10 bits per heavy atom. The van der Waals surface area contributed by atoms with Gasteiger partial charge in [-0.2, -0.15) is 12.8 Å². The van der Waals surface area contributed by atoms with Crippen molar-refractivity contribution in [3.8, 4) is 0 Å². The average molecular weight is 171 g/mol. The van der Waals surface area contributed by atoms with Gasteiger partial charge in [0.25, 0.3) is 0 Å². The Labute approximate surface area is 86.7 Å². The molecule has 0 atom stereocenters. The van der Waals surface area contributed by atoms with Gasteiger partial charge in [-0.25, -0.2) is 0 Å². The fourth-order valence-corrected chi connectivity index (χ4v) is 1.25. The van der Waals surface area contributed by atoms with Crippen LogP contribution in [-0.2, 0) is 0 Å². The normalized spacial score (nSPS) is 19.2. The predicted molar refractivity (Wildman–Crippen MR) is 42.4 cm³/mol. The van der Waals surface area contributed by atoms with Crippen molar-refractivity contribution in [1.29, 1.82) is 0 Å². The largest absolute Gasteiger partial charge is 2.00 e. The molecule has 0 spiro atoms. The predicted octanol–water partition coefficient (Wildman–Crippen LogP) is -0.442. The minimum absolute atomic E-state index is 0. The smallest absolute Gasteiger partial charge is 1.00 e. The van der Waals surface area contributed by atoms with Crippen LogP contribution in [0, 0.1) is 6.42 Å². The van der Waals surface area contributed by atoms with Crippen LogP contribution in [0.15, 0.2) is 0 Å². The molecular formula is C8H15ClMg. The first kappa shape index (κ1) is 13.6. The third-order valence-electron chi connectivity index (χ3n) is 1.82. The van der Waals surface area contributed by atoms with E-state index in [-0.39, 0.29) is 35.5 Å². The molecule has 56 valence electrons. The van der Waals surface area contributed by atoms with E-state index in [9.17, 15) is 0 Å². The summed E-state index contributed by atoms with van der Waals surface area (Å²) in [4.78, 5) is 0. The van der Waals surface area contributed by atoms with E-state index in [1.54, 1.807) is 0 Å². The summed E-state index contributed by atoms with van der Waals surface area (Å²) < 4.78 is 0. The molecule has 0 aromatic heterocycles. The summed E-state index contributed by atoms with van der Waals surface area (Å²) in [5, 5.41) is 0. The topological polar surface area (TPSA) is 0 Å². The molecule has 0 radical (unpaired) electrons.